The van der Waals surface area contributed by atoms with Gasteiger partial charge in [-0.25, -0.2) is 13.2 Å². The van der Waals surface area contributed by atoms with Crippen molar-refractivity contribution in [3.63, 3.8) is 0 Å². The highest BCUT2D eigenvalue weighted by atomic mass is 19.4. The fourth-order valence-electron chi connectivity index (χ4n) is 1.43. The Bertz CT molecular complexity index is 369. The van der Waals surface area contributed by atoms with Crippen molar-refractivity contribution in [1.82, 2.24) is 0 Å². The van der Waals surface area contributed by atoms with Gasteiger partial charge in [0.1, 0.15) is 0 Å². The summed E-state index contributed by atoms with van der Waals surface area (Å²) in [6.45, 7) is -2.04. The van der Waals surface area contributed by atoms with Gasteiger partial charge in [-0.2, -0.15) is 39.5 Å². The first kappa shape index (κ1) is 22.1. The van der Waals surface area contributed by atoms with Crippen LogP contribution < -0.4 is 0 Å². The predicted molar refractivity (Wildman–Crippen MR) is 51.8 cm³/mol. The van der Waals surface area contributed by atoms with Crippen LogP contribution in [0.1, 0.15) is 13.3 Å². The number of ether oxygens (including phenoxy) is 1. The fraction of sp³-hybridized carbons (Fsp3) is 1.00. The fourth-order valence-corrected chi connectivity index (χ4v) is 1.43. The molecule has 2 unspecified atom stereocenters. The lowest BCUT2D eigenvalue weighted by molar-refractivity contribution is -0.385. The lowest BCUT2D eigenvalue weighted by Gasteiger charge is -2.39. The number of rotatable bonds is 6. The summed E-state index contributed by atoms with van der Waals surface area (Å²) in [6, 6.07) is 0. The summed E-state index contributed by atoms with van der Waals surface area (Å²) in [4.78, 5) is 0. The molecule has 13 heteroatoms. The quantitative estimate of drug-likeness (QED) is 0.477. The van der Waals surface area contributed by atoms with E-state index in [9.17, 15) is 52.7 Å². The third-order valence-electron chi connectivity index (χ3n) is 2.71. The molecule has 0 radical (unpaired) electrons. The van der Waals surface area contributed by atoms with Crippen LogP contribution in [-0.2, 0) is 4.74 Å². The third-order valence-corrected chi connectivity index (χ3v) is 2.71. The van der Waals surface area contributed by atoms with Crippen molar-refractivity contribution in [1.29, 1.82) is 0 Å². The van der Waals surface area contributed by atoms with Gasteiger partial charge in [0.15, 0.2) is 6.17 Å². The van der Waals surface area contributed by atoms with Gasteiger partial charge < -0.3 is 4.74 Å². The van der Waals surface area contributed by atoms with E-state index in [1.54, 1.807) is 0 Å². The minimum atomic E-state index is -7.18. The molecule has 0 aliphatic rings. The molecule has 0 aromatic heterocycles. The minimum absolute atomic E-state index is 0.107. The van der Waals surface area contributed by atoms with Crippen molar-refractivity contribution < 1.29 is 57.4 Å². The van der Waals surface area contributed by atoms with Gasteiger partial charge in [-0.15, -0.1) is 0 Å². The highest BCUT2D eigenvalue weighted by Crippen LogP contribution is 2.55. The Morgan fingerprint density at radius 2 is 1.13 bits per heavy atom. The third kappa shape index (κ3) is 3.97. The molecule has 0 N–H and O–H groups in total. The number of hydrogen-bond acceptors (Lipinski definition) is 1. The van der Waals surface area contributed by atoms with Crippen LogP contribution in [-0.4, -0.2) is 49.3 Å². The molecule has 0 aromatic rings. The Hall–Kier alpha value is -0.880. The molecule has 140 valence electrons. The Balaban J connectivity index is 6.05. The summed E-state index contributed by atoms with van der Waals surface area (Å²) < 4.78 is 155. The van der Waals surface area contributed by atoms with Crippen molar-refractivity contribution in [2.24, 2.45) is 0 Å². The van der Waals surface area contributed by atoms with Crippen LogP contribution in [0.2, 0.25) is 0 Å². The van der Waals surface area contributed by atoms with E-state index in [-0.39, 0.29) is 6.42 Å². The Kier molecular flexibility index (Phi) is 6.30. The van der Waals surface area contributed by atoms with Gasteiger partial charge in [-0.3, -0.25) is 0 Å². The van der Waals surface area contributed by atoms with Gasteiger partial charge in [0.05, 0.1) is 6.61 Å². The molecule has 0 aliphatic carbocycles. The average molecular weight is 374 g/mol. The molecule has 0 aliphatic heterocycles. The summed E-state index contributed by atoms with van der Waals surface area (Å²) in [5.74, 6) is 0. The zero-order valence-corrected chi connectivity index (χ0v) is 11.1. The summed E-state index contributed by atoms with van der Waals surface area (Å²) in [5.41, 5.74) is -12.9. The smallest absolute Gasteiger partial charge is 0.378 e. The number of halogens is 12. The SMILES string of the molecule is CCCOCC(F)(C(F)C(F)(C(F)(F)F)C(F)(F)F)C(F)(F)F. The Labute approximate surface area is 121 Å². The van der Waals surface area contributed by atoms with Crippen molar-refractivity contribution >= 4 is 0 Å². The van der Waals surface area contributed by atoms with Gasteiger partial charge in [-0.1, -0.05) is 6.92 Å². The highest BCUT2D eigenvalue weighted by Gasteiger charge is 2.83. The molecule has 2 atom stereocenters. The van der Waals surface area contributed by atoms with E-state index >= 15 is 0 Å². The molecular formula is C10H10F12O. The molecule has 1 nitrogen and oxygen atoms in total. The first-order chi connectivity index (χ1) is 9.97. The molecule has 0 rings (SSSR count). The zero-order chi connectivity index (χ0) is 18.9. The van der Waals surface area contributed by atoms with Gasteiger partial charge >= 0.3 is 24.2 Å². The maximum atomic E-state index is 13.7. The molecule has 0 aromatic carbocycles. The molecule has 0 spiro atoms. The van der Waals surface area contributed by atoms with Crippen LogP contribution in [0.25, 0.3) is 0 Å². The topological polar surface area (TPSA) is 9.23 Å². The number of alkyl halides is 12. The average Bonchev–Trinajstić information content (AvgIpc) is 2.32. The maximum absolute atomic E-state index is 13.7. The van der Waals surface area contributed by atoms with Crippen molar-refractivity contribution in [3.8, 4) is 0 Å². The van der Waals surface area contributed by atoms with E-state index in [0.29, 0.717) is 0 Å². The molecule has 23 heavy (non-hydrogen) atoms. The van der Waals surface area contributed by atoms with E-state index in [0.717, 1.165) is 0 Å². The van der Waals surface area contributed by atoms with Crippen molar-refractivity contribution in [2.45, 2.75) is 49.4 Å². The molecule has 0 heterocycles. The second-order valence-corrected chi connectivity index (χ2v) is 4.48. The Morgan fingerprint density at radius 1 is 0.739 bits per heavy atom. The van der Waals surface area contributed by atoms with E-state index in [1.165, 1.54) is 6.92 Å². The largest absolute Gasteiger partial charge is 0.434 e. The minimum Gasteiger partial charge on any atom is -0.378 e. The summed E-state index contributed by atoms with van der Waals surface area (Å²) in [6.07, 6.45) is -26.7. The maximum Gasteiger partial charge on any atom is 0.434 e. The van der Waals surface area contributed by atoms with Crippen LogP contribution in [0.15, 0.2) is 0 Å². The van der Waals surface area contributed by atoms with Gasteiger partial charge in [0.2, 0.25) is 0 Å². The first-order valence-electron chi connectivity index (χ1n) is 5.76. The van der Waals surface area contributed by atoms with E-state index in [1.807, 2.05) is 0 Å². The molecule has 0 saturated heterocycles. The molecule has 0 bridgehead atoms. The second-order valence-electron chi connectivity index (χ2n) is 4.48. The highest BCUT2D eigenvalue weighted by molar-refractivity contribution is 5.11. The summed E-state index contributed by atoms with van der Waals surface area (Å²) in [5, 5.41) is 0. The van der Waals surface area contributed by atoms with E-state index in [4.69, 9.17) is 0 Å². The number of hydrogen-bond donors (Lipinski definition) is 0. The summed E-state index contributed by atoms with van der Waals surface area (Å²) >= 11 is 0. The van der Waals surface area contributed by atoms with Gasteiger partial charge in [0.25, 0.3) is 5.67 Å². The van der Waals surface area contributed by atoms with Crippen LogP contribution in [0.3, 0.4) is 0 Å². The van der Waals surface area contributed by atoms with Gasteiger partial charge in [0, 0.05) is 6.61 Å². The molecule has 0 amide bonds. The molecule has 0 fully saturated rings. The first-order valence-corrected chi connectivity index (χ1v) is 5.76. The lowest BCUT2D eigenvalue weighted by atomic mass is 9.85. The normalized spacial score (nSPS) is 18.7. The van der Waals surface area contributed by atoms with Crippen LogP contribution >= 0.6 is 0 Å². The molecule has 0 saturated carbocycles. The monoisotopic (exact) mass is 374 g/mol. The molecular weight excluding hydrogens is 364 g/mol. The van der Waals surface area contributed by atoms with Crippen LogP contribution in [0, 0.1) is 0 Å². The predicted octanol–water partition coefficient (Wildman–Crippen LogP) is 4.85. The van der Waals surface area contributed by atoms with E-state index < -0.39 is 49.3 Å². The standard InChI is InChI=1S/C10H10F12O/c1-2-3-23-4-6(12,8(14,15)16)5(11)7(13,9(17,18)19)10(20,21)22/h5H,2-4H2,1H3. The second kappa shape index (κ2) is 6.55. The van der Waals surface area contributed by atoms with Crippen LogP contribution in [0.5, 0.6) is 0 Å². The lowest BCUT2D eigenvalue weighted by Crippen LogP contribution is -2.69. The van der Waals surface area contributed by atoms with Crippen LogP contribution in [0.4, 0.5) is 52.7 Å². The Morgan fingerprint density at radius 3 is 1.39 bits per heavy atom. The summed E-state index contributed by atoms with van der Waals surface area (Å²) in [7, 11) is 0. The van der Waals surface area contributed by atoms with Crippen molar-refractivity contribution in [2.75, 3.05) is 13.2 Å². The van der Waals surface area contributed by atoms with E-state index in [2.05, 4.69) is 4.74 Å². The van der Waals surface area contributed by atoms with Crippen molar-refractivity contribution in [3.05, 3.63) is 0 Å². The zero-order valence-electron chi connectivity index (χ0n) is 11.1. The van der Waals surface area contributed by atoms with Gasteiger partial charge in [-0.05, 0) is 6.42 Å².